The van der Waals surface area contributed by atoms with E-state index < -0.39 is 10.0 Å². The average Bonchev–Trinajstić information content (AvgIpc) is 2.52. The molecule has 0 bridgehead atoms. The van der Waals surface area contributed by atoms with Crippen LogP contribution in [0.5, 0.6) is 11.5 Å². The third-order valence-electron chi connectivity index (χ3n) is 3.59. The zero-order valence-corrected chi connectivity index (χ0v) is 15.2. The topological polar surface area (TPSA) is 64.6 Å². The zero-order valence-electron chi connectivity index (χ0n) is 14.4. The minimum atomic E-state index is -3.55. The number of hydrogen-bond donors (Lipinski definition) is 1. The highest BCUT2D eigenvalue weighted by Gasteiger charge is 2.16. The van der Waals surface area contributed by atoms with Crippen LogP contribution in [0.4, 0.5) is 0 Å². The van der Waals surface area contributed by atoms with Crippen molar-refractivity contribution in [3.05, 3.63) is 53.1 Å². The molecular formula is C18H23NO4S. The van der Waals surface area contributed by atoms with Gasteiger partial charge >= 0.3 is 0 Å². The molecule has 6 heteroatoms. The van der Waals surface area contributed by atoms with E-state index in [1.165, 1.54) is 0 Å². The molecule has 2 aromatic rings. The van der Waals surface area contributed by atoms with Crippen LogP contribution in [-0.2, 0) is 10.0 Å². The molecule has 0 amide bonds. The SMILES string of the molecule is COc1cc(C)ccc1OCCNS(=O)(=O)c1ccc(C)cc1C. The van der Waals surface area contributed by atoms with E-state index in [0.717, 1.165) is 16.7 Å². The minimum Gasteiger partial charge on any atom is -0.493 e. The number of sulfonamides is 1. The number of hydrogen-bond acceptors (Lipinski definition) is 4. The van der Waals surface area contributed by atoms with Crippen LogP contribution in [0.3, 0.4) is 0 Å². The van der Waals surface area contributed by atoms with Gasteiger partial charge in [0, 0.05) is 6.54 Å². The third-order valence-corrected chi connectivity index (χ3v) is 5.21. The predicted octanol–water partition coefficient (Wildman–Crippen LogP) is 2.98. The van der Waals surface area contributed by atoms with Gasteiger partial charge in [-0.15, -0.1) is 0 Å². The fourth-order valence-corrected chi connectivity index (χ4v) is 3.65. The van der Waals surface area contributed by atoms with Crippen LogP contribution in [0, 0.1) is 20.8 Å². The molecule has 0 aromatic heterocycles. The Hall–Kier alpha value is -2.05. The second-order valence-electron chi connectivity index (χ2n) is 5.67. The average molecular weight is 349 g/mol. The number of methoxy groups -OCH3 is 1. The lowest BCUT2D eigenvalue weighted by atomic mass is 10.2. The van der Waals surface area contributed by atoms with Gasteiger partial charge in [0.1, 0.15) is 6.61 Å². The summed E-state index contributed by atoms with van der Waals surface area (Å²) in [5, 5.41) is 0. The lowest BCUT2D eigenvalue weighted by molar-refractivity contribution is 0.298. The number of nitrogens with one attached hydrogen (secondary N) is 1. The van der Waals surface area contributed by atoms with E-state index in [0.29, 0.717) is 16.4 Å². The number of rotatable bonds is 7. The first kappa shape index (κ1) is 18.3. The molecule has 130 valence electrons. The monoisotopic (exact) mass is 349 g/mol. The van der Waals surface area contributed by atoms with Crippen LogP contribution in [-0.4, -0.2) is 28.7 Å². The molecule has 0 atom stereocenters. The normalized spacial score (nSPS) is 11.3. The highest BCUT2D eigenvalue weighted by atomic mass is 32.2. The molecule has 0 saturated carbocycles. The molecule has 0 spiro atoms. The Morgan fingerprint density at radius 2 is 1.62 bits per heavy atom. The summed E-state index contributed by atoms with van der Waals surface area (Å²) in [5.74, 6) is 1.22. The molecule has 1 N–H and O–H groups in total. The van der Waals surface area contributed by atoms with Crippen molar-refractivity contribution in [3.8, 4) is 11.5 Å². The first-order valence-electron chi connectivity index (χ1n) is 7.68. The van der Waals surface area contributed by atoms with Crippen molar-refractivity contribution in [2.45, 2.75) is 25.7 Å². The summed E-state index contributed by atoms with van der Waals surface area (Å²) in [6.07, 6.45) is 0. The van der Waals surface area contributed by atoms with Crippen molar-refractivity contribution in [1.82, 2.24) is 4.72 Å². The molecule has 0 aliphatic carbocycles. The van der Waals surface area contributed by atoms with Crippen molar-refractivity contribution >= 4 is 10.0 Å². The Balaban J connectivity index is 1.96. The van der Waals surface area contributed by atoms with Gasteiger partial charge in [-0.3, -0.25) is 0 Å². The molecule has 2 rings (SSSR count). The predicted molar refractivity (Wildman–Crippen MR) is 94.3 cm³/mol. The Morgan fingerprint density at radius 1 is 0.958 bits per heavy atom. The molecule has 0 radical (unpaired) electrons. The molecule has 0 saturated heterocycles. The van der Waals surface area contributed by atoms with E-state index in [1.54, 1.807) is 26.2 Å². The van der Waals surface area contributed by atoms with Gasteiger partial charge < -0.3 is 9.47 Å². The summed E-state index contributed by atoms with van der Waals surface area (Å²) in [4.78, 5) is 0.293. The van der Waals surface area contributed by atoms with E-state index in [-0.39, 0.29) is 13.2 Å². The third kappa shape index (κ3) is 4.49. The van der Waals surface area contributed by atoms with Gasteiger partial charge in [0.25, 0.3) is 0 Å². The Bertz CT molecular complexity index is 816. The Morgan fingerprint density at radius 3 is 2.29 bits per heavy atom. The van der Waals surface area contributed by atoms with Crippen LogP contribution >= 0.6 is 0 Å². The van der Waals surface area contributed by atoms with Gasteiger partial charge in [0.2, 0.25) is 10.0 Å². The maximum Gasteiger partial charge on any atom is 0.240 e. The summed E-state index contributed by atoms with van der Waals surface area (Å²) in [6, 6.07) is 10.9. The fraction of sp³-hybridized carbons (Fsp3) is 0.333. The molecule has 0 unspecified atom stereocenters. The van der Waals surface area contributed by atoms with E-state index in [2.05, 4.69) is 4.72 Å². The lowest BCUT2D eigenvalue weighted by Crippen LogP contribution is -2.28. The van der Waals surface area contributed by atoms with Crippen LogP contribution in [0.2, 0.25) is 0 Å². The number of benzene rings is 2. The highest BCUT2D eigenvalue weighted by molar-refractivity contribution is 7.89. The van der Waals surface area contributed by atoms with Crippen molar-refractivity contribution in [1.29, 1.82) is 0 Å². The number of aryl methyl sites for hydroxylation is 3. The van der Waals surface area contributed by atoms with Crippen LogP contribution < -0.4 is 14.2 Å². The van der Waals surface area contributed by atoms with Crippen LogP contribution in [0.15, 0.2) is 41.3 Å². The van der Waals surface area contributed by atoms with Gasteiger partial charge in [0.15, 0.2) is 11.5 Å². The van der Waals surface area contributed by atoms with Crippen molar-refractivity contribution in [3.63, 3.8) is 0 Å². The van der Waals surface area contributed by atoms with Gasteiger partial charge in [-0.2, -0.15) is 0 Å². The van der Waals surface area contributed by atoms with Crippen molar-refractivity contribution in [2.75, 3.05) is 20.3 Å². The molecule has 0 aliphatic rings. The van der Waals surface area contributed by atoms with Crippen molar-refractivity contribution < 1.29 is 17.9 Å². The Kier molecular flexibility index (Phi) is 5.85. The van der Waals surface area contributed by atoms with E-state index in [1.807, 2.05) is 38.1 Å². The smallest absolute Gasteiger partial charge is 0.240 e. The number of ether oxygens (including phenoxy) is 2. The summed E-state index contributed by atoms with van der Waals surface area (Å²) in [7, 11) is -1.97. The standard InChI is InChI=1S/C18H23NO4S/c1-13-6-8-18(15(3)11-13)24(20,21)19-9-10-23-16-7-5-14(2)12-17(16)22-4/h5-8,11-12,19H,9-10H2,1-4H3. The molecule has 5 nitrogen and oxygen atoms in total. The second-order valence-corrected chi connectivity index (χ2v) is 7.40. The van der Waals surface area contributed by atoms with Gasteiger partial charge in [-0.05, 0) is 50.1 Å². The Labute approximate surface area is 143 Å². The van der Waals surface area contributed by atoms with E-state index in [4.69, 9.17) is 9.47 Å². The molecular weight excluding hydrogens is 326 g/mol. The van der Waals surface area contributed by atoms with Crippen molar-refractivity contribution in [2.24, 2.45) is 0 Å². The maximum absolute atomic E-state index is 12.4. The van der Waals surface area contributed by atoms with Crippen LogP contribution in [0.25, 0.3) is 0 Å². The molecule has 0 fully saturated rings. The van der Waals surface area contributed by atoms with E-state index in [9.17, 15) is 8.42 Å². The minimum absolute atomic E-state index is 0.173. The summed E-state index contributed by atoms with van der Waals surface area (Å²) in [5.41, 5.74) is 2.82. The van der Waals surface area contributed by atoms with Crippen LogP contribution in [0.1, 0.15) is 16.7 Å². The lowest BCUT2D eigenvalue weighted by Gasteiger charge is -2.13. The van der Waals surface area contributed by atoms with Gasteiger partial charge in [-0.25, -0.2) is 13.1 Å². The highest BCUT2D eigenvalue weighted by Crippen LogP contribution is 2.27. The maximum atomic E-state index is 12.4. The van der Waals surface area contributed by atoms with Gasteiger partial charge in [-0.1, -0.05) is 23.8 Å². The summed E-state index contributed by atoms with van der Waals surface area (Å²) < 4.78 is 38.1. The largest absolute Gasteiger partial charge is 0.493 e. The molecule has 2 aromatic carbocycles. The summed E-state index contributed by atoms with van der Waals surface area (Å²) in [6.45, 7) is 6.06. The molecule has 0 aliphatic heterocycles. The quantitative estimate of drug-likeness (QED) is 0.781. The zero-order chi connectivity index (χ0) is 17.7. The van der Waals surface area contributed by atoms with E-state index >= 15 is 0 Å². The molecule has 0 heterocycles. The molecule has 24 heavy (non-hydrogen) atoms. The fourth-order valence-electron chi connectivity index (χ4n) is 2.41. The summed E-state index contributed by atoms with van der Waals surface area (Å²) >= 11 is 0. The first-order valence-corrected chi connectivity index (χ1v) is 9.16. The second kappa shape index (κ2) is 7.68. The first-order chi connectivity index (χ1) is 11.3. The van der Waals surface area contributed by atoms with Gasteiger partial charge in [0.05, 0.1) is 12.0 Å².